The zero-order valence-corrected chi connectivity index (χ0v) is 11.3. The average molecular weight is 258 g/mol. The standard InChI is InChI=1S/C12H20ClN3O/c1-9-11(12(13)16(2)15-9)7-14-6-10-4-3-5-17-8-10/h10,14H,3-8H2,1-2H3. The molecule has 0 amide bonds. The quantitative estimate of drug-likeness (QED) is 0.896. The summed E-state index contributed by atoms with van der Waals surface area (Å²) in [7, 11) is 1.87. The van der Waals surface area contributed by atoms with Gasteiger partial charge in [0.2, 0.25) is 0 Å². The first-order valence-electron chi connectivity index (χ1n) is 6.15. The Morgan fingerprint density at radius 1 is 1.59 bits per heavy atom. The molecular weight excluding hydrogens is 238 g/mol. The number of hydrogen-bond donors (Lipinski definition) is 1. The van der Waals surface area contributed by atoms with E-state index >= 15 is 0 Å². The zero-order chi connectivity index (χ0) is 12.3. The Bertz CT molecular complexity index is 372. The first-order chi connectivity index (χ1) is 8.18. The molecule has 96 valence electrons. The molecule has 2 rings (SSSR count). The van der Waals surface area contributed by atoms with Gasteiger partial charge in [-0.15, -0.1) is 0 Å². The van der Waals surface area contributed by atoms with Crippen LogP contribution in [0.4, 0.5) is 0 Å². The average Bonchev–Trinajstić information content (AvgIpc) is 2.57. The molecule has 0 radical (unpaired) electrons. The third kappa shape index (κ3) is 3.21. The summed E-state index contributed by atoms with van der Waals surface area (Å²) in [6, 6.07) is 0. The Morgan fingerprint density at radius 2 is 2.41 bits per heavy atom. The van der Waals surface area contributed by atoms with Gasteiger partial charge in [0.25, 0.3) is 0 Å². The van der Waals surface area contributed by atoms with Crippen molar-refractivity contribution < 1.29 is 4.74 Å². The largest absolute Gasteiger partial charge is 0.381 e. The summed E-state index contributed by atoms with van der Waals surface area (Å²) in [5, 5.41) is 8.48. The Balaban J connectivity index is 1.81. The van der Waals surface area contributed by atoms with Gasteiger partial charge in [-0.05, 0) is 25.7 Å². The van der Waals surface area contributed by atoms with Gasteiger partial charge in [-0.2, -0.15) is 5.10 Å². The summed E-state index contributed by atoms with van der Waals surface area (Å²) in [4.78, 5) is 0. The van der Waals surface area contributed by atoms with Gasteiger partial charge in [-0.25, -0.2) is 0 Å². The lowest BCUT2D eigenvalue weighted by Gasteiger charge is -2.22. The van der Waals surface area contributed by atoms with E-state index in [-0.39, 0.29) is 0 Å². The maximum absolute atomic E-state index is 6.17. The van der Waals surface area contributed by atoms with Crippen LogP contribution in [-0.4, -0.2) is 29.5 Å². The summed E-state index contributed by atoms with van der Waals surface area (Å²) in [5.74, 6) is 0.638. The molecule has 1 N–H and O–H groups in total. The summed E-state index contributed by atoms with van der Waals surface area (Å²) in [6.07, 6.45) is 2.44. The molecule has 1 aromatic rings. The van der Waals surface area contributed by atoms with Gasteiger partial charge >= 0.3 is 0 Å². The van der Waals surface area contributed by atoms with Gasteiger partial charge in [0, 0.05) is 32.3 Å². The Morgan fingerprint density at radius 3 is 3.00 bits per heavy atom. The van der Waals surface area contributed by atoms with Crippen LogP contribution in [0.25, 0.3) is 0 Å². The van der Waals surface area contributed by atoms with E-state index in [4.69, 9.17) is 16.3 Å². The fourth-order valence-electron chi connectivity index (χ4n) is 2.24. The number of halogens is 1. The van der Waals surface area contributed by atoms with E-state index in [1.807, 2.05) is 14.0 Å². The second-order valence-electron chi connectivity index (χ2n) is 4.69. The van der Waals surface area contributed by atoms with Crippen molar-refractivity contribution >= 4 is 11.6 Å². The molecule has 1 aromatic heterocycles. The van der Waals surface area contributed by atoms with Gasteiger partial charge in [0.05, 0.1) is 12.3 Å². The molecule has 5 heteroatoms. The van der Waals surface area contributed by atoms with Crippen LogP contribution in [0.15, 0.2) is 0 Å². The molecular formula is C12H20ClN3O. The molecule has 1 atom stereocenters. The van der Waals surface area contributed by atoms with Crippen LogP contribution in [0.3, 0.4) is 0 Å². The minimum absolute atomic E-state index is 0.638. The van der Waals surface area contributed by atoms with Crippen molar-refractivity contribution in [2.45, 2.75) is 26.3 Å². The van der Waals surface area contributed by atoms with E-state index in [2.05, 4.69) is 10.4 Å². The molecule has 1 aliphatic rings. The highest BCUT2D eigenvalue weighted by molar-refractivity contribution is 6.30. The maximum atomic E-state index is 6.17. The fraction of sp³-hybridized carbons (Fsp3) is 0.750. The van der Waals surface area contributed by atoms with Crippen molar-refractivity contribution in [3.63, 3.8) is 0 Å². The first-order valence-corrected chi connectivity index (χ1v) is 6.52. The number of aromatic nitrogens is 2. The molecule has 4 nitrogen and oxygen atoms in total. The maximum Gasteiger partial charge on any atom is 0.131 e. The normalized spacial score (nSPS) is 20.8. The van der Waals surface area contributed by atoms with Gasteiger partial charge in [0.1, 0.15) is 5.15 Å². The third-order valence-electron chi connectivity index (χ3n) is 3.26. The van der Waals surface area contributed by atoms with Crippen molar-refractivity contribution in [3.05, 3.63) is 16.4 Å². The molecule has 2 heterocycles. The molecule has 1 aliphatic heterocycles. The zero-order valence-electron chi connectivity index (χ0n) is 10.5. The fourth-order valence-corrected chi connectivity index (χ4v) is 2.49. The van der Waals surface area contributed by atoms with Crippen LogP contribution in [0, 0.1) is 12.8 Å². The molecule has 0 spiro atoms. The van der Waals surface area contributed by atoms with E-state index in [0.29, 0.717) is 5.92 Å². The molecule has 17 heavy (non-hydrogen) atoms. The van der Waals surface area contributed by atoms with Crippen LogP contribution in [0.1, 0.15) is 24.1 Å². The van der Waals surface area contributed by atoms with E-state index in [1.54, 1.807) is 4.68 Å². The van der Waals surface area contributed by atoms with Crippen LogP contribution < -0.4 is 5.32 Å². The molecule has 0 aromatic carbocycles. The van der Waals surface area contributed by atoms with Crippen molar-refractivity contribution in [2.75, 3.05) is 19.8 Å². The Hall–Kier alpha value is -0.580. The Labute approximate surface area is 107 Å². The predicted octanol–water partition coefficient (Wildman–Crippen LogP) is 1.90. The smallest absolute Gasteiger partial charge is 0.131 e. The van der Waals surface area contributed by atoms with Gasteiger partial charge < -0.3 is 10.1 Å². The van der Waals surface area contributed by atoms with Gasteiger partial charge in [-0.1, -0.05) is 11.6 Å². The van der Waals surface area contributed by atoms with Gasteiger partial charge in [-0.3, -0.25) is 4.68 Å². The highest BCUT2D eigenvalue weighted by Crippen LogP contribution is 2.18. The molecule has 0 aliphatic carbocycles. The van der Waals surface area contributed by atoms with E-state index in [9.17, 15) is 0 Å². The first kappa shape index (κ1) is 12.9. The number of hydrogen-bond acceptors (Lipinski definition) is 3. The molecule has 0 saturated carbocycles. The highest BCUT2D eigenvalue weighted by Gasteiger charge is 2.15. The lowest BCUT2D eigenvalue weighted by Crippen LogP contribution is -2.29. The second-order valence-corrected chi connectivity index (χ2v) is 5.05. The molecule has 1 fully saturated rings. The van der Waals surface area contributed by atoms with E-state index < -0.39 is 0 Å². The summed E-state index contributed by atoms with van der Waals surface area (Å²) in [5.41, 5.74) is 2.11. The van der Waals surface area contributed by atoms with E-state index in [1.165, 1.54) is 12.8 Å². The number of ether oxygens (including phenoxy) is 1. The summed E-state index contributed by atoms with van der Waals surface area (Å²) in [6.45, 7) is 5.57. The highest BCUT2D eigenvalue weighted by atomic mass is 35.5. The van der Waals surface area contributed by atoms with Crippen molar-refractivity contribution in [1.82, 2.24) is 15.1 Å². The minimum Gasteiger partial charge on any atom is -0.381 e. The topological polar surface area (TPSA) is 39.1 Å². The molecule has 1 saturated heterocycles. The summed E-state index contributed by atoms with van der Waals surface area (Å²) >= 11 is 6.17. The predicted molar refractivity (Wildman–Crippen MR) is 68.2 cm³/mol. The lowest BCUT2D eigenvalue weighted by atomic mass is 10.0. The number of rotatable bonds is 4. The SMILES string of the molecule is Cc1nn(C)c(Cl)c1CNCC1CCCOC1. The number of nitrogens with one attached hydrogen (secondary N) is 1. The molecule has 0 bridgehead atoms. The monoisotopic (exact) mass is 257 g/mol. The van der Waals surface area contributed by atoms with Crippen LogP contribution in [-0.2, 0) is 18.3 Å². The van der Waals surface area contributed by atoms with E-state index in [0.717, 1.165) is 42.7 Å². The van der Waals surface area contributed by atoms with Crippen LogP contribution in [0.2, 0.25) is 5.15 Å². The Kier molecular flexibility index (Phi) is 4.42. The van der Waals surface area contributed by atoms with Crippen LogP contribution >= 0.6 is 11.6 Å². The summed E-state index contributed by atoms with van der Waals surface area (Å²) < 4.78 is 7.17. The van der Waals surface area contributed by atoms with Crippen LogP contribution in [0.5, 0.6) is 0 Å². The van der Waals surface area contributed by atoms with Gasteiger partial charge in [0.15, 0.2) is 0 Å². The molecule has 1 unspecified atom stereocenters. The minimum atomic E-state index is 0.638. The van der Waals surface area contributed by atoms with Crippen molar-refractivity contribution in [2.24, 2.45) is 13.0 Å². The number of nitrogens with zero attached hydrogens (tertiary/aromatic N) is 2. The van der Waals surface area contributed by atoms with Crippen molar-refractivity contribution in [1.29, 1.82) is 0 Å². The third-order valence-corrected chi connectivity index (χ3v) is 3.73. The second kappa shape index (κ2) is 5.85. The lowest BCUT2D eigenvalue weighted by molar-refractivity contribution is 0.0547. The number of aryl methyl sites for hydroxylation is 2. The van der Waals surface area contributed by atoms with Crippen molar-refractivity contribution in [3.8, 4) is 0 Å².